The van der Waals surface area contributed by atoms with Crippen LogP contribution in [0.1, 0.15) is 44.3 Å². The van der Waals surface area contributed by atoms with Crippen molar-refractivity contribution in [3.63, 3.8) is 0 Å². The van der Waals surface area contributed by atoms with Gasteiger partial charge < -0.3 is 24.7 Å². The third-order valence-electron chi connectivity index (χ3n) is 6.61. The molecule has 40 heavy (non-hydrogen) atoms. The van der Waals surface area contributed by atoms with E-state index < -0.39 is 5.41 Å². The van der Waals surface area contributed by atoms with Gasteiger partial charge >= 0.3 is 0 Å². The van der Waals surface area contributed by atoms with Gasteiger partial charge in [0.25, 0.3) is 0 Å². The number of ether oxygens (including phenoxy) is 1. The lowest BCUT2D eigenvalue weighted by Crippen LogP contribution is -2.30. The summed E-state index contributed by atoms with van der Waals surface area (Å²) in [5.41, 5.74) is 2.30. The number of amides is 1. The Morgan fingerprint density at radius 2 is 1.90 bits per heavy atom. The molecule has 2 N–H and O–H groups in total. The van der Waals surface area contributed by atoms with Crippen molar-refractivity contribution in [3.8, 4) is 17.1 Å². The number of pyridine rings is 1. The number of benzene rings is 2. The van der Waals surface area contributed by atoms with Crippen LogP contribution in [0.15, 0.2) is 77.3 Å². The Bertz CT molecular complexity index is 1570. The highest BCUT2D eigenvalue weighted by Gasteiger charge is 2.43. The standard InChI is InChI=1S/C30H28Cl2N4O3S/c1-30(2,3)28(37)34-21-11-9-18(16-25(21)38-4)36-27(26(35-29(36)40)22-7-5-6-14-33-22)24-13-12-23(39-24)19-10-8-17(31)15-20(19)32/h5-16,26-27H,1-4H3,(H,34,37)(H,35,40)/t26-,27-/m0/s1. The monoisotopic (exact) mass is 594 g/mol. The second-order valence-corrected chi connectivity index (χ2v) is 11.6. The molecule has 0 saturated carbocycles. The van der Waals surface area contributed by atoms with Crippen LogP contribution in [0.3, 0.4) is 0 Å². The van der Waals surface area contributed by atoms with Gasteiger partial charge in [-0.2, -0.15) is 0 Å². The first-order valence-corrected chi connectivity index (χ1v) is 13.8. The lowest BCUT2D eigenvalue weighted by molar-refractivity contribution is -0.123. The third kappa shape index (κ3) is 5.52. The van der Waals surface area contributed by atoms with Crippen molar-refractivity contribution in [2.24, 2.45) is 5.41 Å². The normalized spacial score (nSPS) is 17.1. The molecule has 1 fully saturated rings. The van der Waals surface area contributed by atoms with E-state index in [-0.39, 0.29) is 18.0 Å². The number of halogens is 2. The second kappa shape index (κ2) is 11.1. The zero-order valence-corrected chi connectivity index (χ0v) is 24.7. The van der Waals surface area contributed by atoms with E-state index in [1.165, 1.54) is 0 Å². The molecule has 0 spiro atoms. The number of aromatic nitrogens is 1. The Morgan fingerprint density at radius 3 is 2.58 bits per heavy atom. The second-order valence-electron chi connectivity index (χ2n) is 10.4. The van der Waals surface area contributed by atoms with Crippen molar-refractivity contribution in [2.45, 2.75) is 32.9 Å². The molecule has 206 valence electrons. The largest absolute Gasteiger partial charge is 0.494 e. The van der Waals surface area contributed by atoms with Gasteiger partial charge in [0.1, 0.15) is 23.3 Å². The summed E-state index contributed by atoms with van der Waals surface area (Å²) in [6.07, 6.45) is 1.75. The minimum absolute atomic E-state index is 0.117. The maximum Gasteiger partial charge on any atom is 0.229 e. The van der Waals surface area contributed by atoms with E-state index in [2.05, 4.69) is 15.6 Å². The van der Waals surface area contributed by atoms with E-state index in [1.54, 1.807) is 25.4 Å². The van der Waals surface area contributed by atoms with Crippen LogP contribution in [0.2, 0.25) is 10.0 Å². The summed E-state index contributed by atoms with van der Waals surface area (Å²) in [7, 11) is 1.56. The van der Waals surface area contributed by atoms with Gasteiger partial charge in [-0.3, -0.25) is 9.78 Å². The van der Waals surface area contributed by atoms with Gasteiger partial charge in [-0.15, -0.1) is 0 Å². The topological polar surface area (TPSA) is 79.6 Å². The molecule has 0 unspecified atom stereocenters. The Morgan fingerprint density at radius 1 is 1.10 bits per heavy atom. The van der Waals surface area contributed by atoms with Crippen LogP contribution in [0, 0.1) is 5.41 Å². The summed E-state index contributed by atoms with van der Waals surface area (Å²) in [5, 5.41) is 7.91. The smallest absolute Gasteiger partial charge is 0.229 e. The highest BCUT2D eigenvalue weighted by atomic mass is 35.5. The predicted octanol–water partition coefficient (Wildman–Crippen LogP) is 7.82. The molecule has 2 aromatic heterocycles. The van der Waals surface area contributed by atoms with Gasteiger partial charge in [0, 0.05) is 34.0 Å². The van der Waals surface area contributed by atoms with Gasteiger partial charge in [0.2, 0.25) is 5.91 Å². The van der Waals surface area contributed by atoms with Crippen molar-refractivity contribution < 1.29 is 13.9 Å². The Labute approximate surface area is 248 Å². The molecule has 5 rings (SSSR count). The fourth-order valence-corrected chi connectivity index (χ4v) is 5.36. The van der Waals surface area contributed by atoms with E-state index >= 15 is 0 Å². The van der Waals surface area contributed by atoms with Gasteiger partial charge in [0.15, 0.2) is 5.11 Å². The number of thiocarbonyl (C=S) groups is 1. The fraction of sp³-hybridized carbons (Fsp3) is 0.233. The molecule has 4 aromatic rings. The predicted molar refractivity (Wildman–Crippen MR) is 163 cm³/mol. The molecule has 1 aliphatic rings. The molecular formula is C30H28Cl2N4O3S. The molecule has 0 bridgehead atoms. The molecule has 1 aliphatic heterocycles. The lowest BCUT2D eigenvalue weighted by atomic mass is 9.95. The first-order valence-electron chi connectivity index (χ1n) is 12.6. The maximum atomic E-state index is 12.7. The highest BCUT2D eigenvalue weighted by molar-refractivity contribution is 7.80. The maximum absolute atomic E-state index is 12.7. The number of nitrogens with zero attached hydrogens (tertiary/aromatic N) is 2. The molecule has 1 amide bonds. The number of nitrogens with one attached hydrogen (secondary N) is 2. The summed E-state index contributed by atoms with van der Waals surface area (Å²) in [6.45, 7) is 5.57. The average molecular weight is 596 g/mol. The molecule has 10 heteroatoms. The number of furan rings is 1. The number of methoxy groups -OCH3 is 1. The van der Waals surface area contributed by atoms with E-state index in [1.807, 2.05) is 80.3 Å². The number of hydrogen-bond acceptors (Lipinski definition) is 5. The van der Waals surface area contributed by atoms with Crippen LogP contribution < -0.4 is 20.3 Å². The highest BCUT2D eigenvalue weighted by Crippen LogP contribution is 2.45. The molecule has 0 radical (unpaired) electrons. The molecular weight excluding hydrogens is 567 g/mol. The van der Waals surface area contributed by atoms with Gasteiger partial charge in [-0.05, 0) is 66.8 Å². The number of carbonyl (C=O) groups is 1. The Hall–Kier alpha value is -3.59. The Balaban J connectivity index is 1.57. The molecule has 2 atom stereocenters. The van der Waals surface area contributed by atoms with Crippen molar-refractivity contribution in [1.29, 1.82) is 0 Å². The first kappa shape index (κ1) is 28.0. The van der Waals surface area contributed by atoms with Crippen LogP contribution in [0.25, 0.3) is 11.3 Å². The Kier molecular flexibility index (Phi) is 7.77. The lowest BCUT2D eigenvalue weighted by Gasteiger charge is -2.27. The van der Waals surface area contributed by atoms with E-state index in [4.69, 9.17) is 44.6 Å². The number of rotatable bonds is 6. The van der Waals surface area contributed by atoms with Gasteiger partial charge in [-0.1, -0.05) is 50.0 Å². The van der Waals surface area contributed by atoms with Gasteiger partial charge in [0.05, 0.1) is 29.6 Å². The van der Waals surface area contributed by atoms with E-state index in [0.717, 1.165) is 16.9 Å². The first-order chi connectivity index (χ1) is 19.1. The number of carbonyl (C=O) groups excluding carboxylic acids is 1. The SMILES string of the molecule is COc1cc(N2C(=S)N[C@@H](c3ccccn3)[C@@H]2c2ccc(-c3ccc(Cl)cc3Cl)o2)ccc1NC(=O)C(C)(C)C. The van der Waals surface area contributed by atoms with Crippen LogP contribution >= 0.6 is 35.4 Å². The quantitative estimate of drug-likeness (QED) is 0.220. The van der Waals surface area contributed by atoms with Crippen molar-refractivity contribution in [3.05, 3.63) is 94.4 Å². The van der Waals surface area contributed by atoms with E-state index in [0.29, 0.717) is 38.1 Å². The van der Waals surface area contributed by atoms with Crippen molar-refractivity contribution >= 4 is 57.8 Å². The van der Waals surface area contributed by atoms with Gasteiger partial charge in [-0.25, -0.2) is 0 Å². The van der Waals surface area contributed by atoms with E-state index in [9.17, 15) is 4.79 Å². The zero-order valence-electron chi connectivity index (χ0n) is 22.4. The van der Waals surface area contributed by atoms with Crippen LogP contribution in [-0.2, 0) is 4.79 Å². The van der Waals surface area contributed by atoms with Crippen LogP contribution in [0.5, 0.6) is 5.75 Å². The average Bonchev–Trinajstić information content (AvgIpc) is 3.53. The molecule has 7 nitrogen and oxygen atoms in total. The minimum Gasteiger partial charge on any atom is -0.494 e. The molecule has 3 heterocycles. The minimum atomic E-state index is -0.560. The molecule has 1 saturated heterocycles. The van der Waals surface area contributed by atoms with Crippen molar-refractivity contribution in [1.82, 2.24) is 10.3 Å². The molecule has 0 aliphatic carbocycles. The van der Waals surface area contributed by atoms with Crippen LogP contribution in [-0.4, -0.2) is 23.1 Å². The van der Waals surface area contributed by atoms with Crippen LogP contribution in [0.4, 0.5) is 11.4 Å². The third-order valence-corrected chi connectivity index (χ3v) is 7.47. The summed E-state index contributed by atoms with van der Waals surface area (Å²) >= 11 is 18.4. The summed E-state index contributed by atoms with van der Waals surface area (Å²) in [5.74, 6) is 1.65. The summed E-state index contributed by atoms with van der Waals surface area (Å²) in [4.78, 5) is 19.2. The zero-order chi connectivity index (χ0) is 28.6. The summed E-state index contributed by atoms with van der Waals surface area (Å²) < 4.78 is 12.1. The van der Waals surface area contributed by atoms with Crippen molar-refractivity contribution in [2.75, 3.05) is 17.3 Å². The summed E-state index contributed by atoms with van der Waals surface area (Å²) in [6, 6.07) is 19.7. The fourth-order valence-electron chi connectivity index (χ4n) is 4.51. The number of anilines is 2. The molecule has 2 aromatic carbocycles. The number of hydrogen-bond donors (Lipinski definition) is 2.